The van der Waals surface area contributed by atoms with Gasteiger partial charge in [-0.05, 0) is 30.2 Å². The summed E-state index contributed by atoms with van der Waals surface area (Å²) in [7, 11) is 0. The number of carbonyl (C=O) groups excluding carboxylic acids is 2. The van der Waals surface area contributed by atoms with Crippen molar-refractivity contribution < 1.29 is 19.4 Å². The van der Waals surface area contributed by atoms with Crippen molar-refractivity contribution in [3.63, 3.8) is 0 Å². The van der Waals surface area contributed by atoms with Crippen molar-refractivity contribution in [1.29, 1.82) is 0 Å². The standard InChI is InChI=1S/C25H29N3O4/c1-2-32-21-10-8-20(9-11-21)22-23(27-14-12-26(13-15-27)16-17-29)25(31)28(24(22)30)18-19-6-4-3-5-7-19/h3-11,29H,2,12-18H2,1H3. The van der Waals surface area contributed by atoms with Crippen molar-refractivity contribution in [3.05, 3.63) is 71.4 Å². The summed E-state index contributed by atoms with van der Waals surface area (Å²) >= 11 is 0. The molecule has 2 aromatic carbocycles. The molecule has 4 rings (SSSR count). The second kappa shape index (κ2) is 9.97. The first-order valence-electron chi connectivity index (χ1n) is 11.1. The average Bonchev–Trinajstić information content (AvgIpc) is 3.06. The summed E-state index contributed by atoms with van der Waals surface area (Å²) in [6.07, 6.45) is 0. The Balaban J connectivity index is 1.66. The summed E-state index contributed by atoms with van der Waals surface area (Å²) < 4.78 is 5.53. The maximum Gasteiger partial charge on any atom is 0.278 e. The molecule has 0 saturated carbocycles. The number of aliphatic hydroxyl groups is 1. The van der Waals surface area contributed by atoms with Crippen molar-refractivity contribution in [2.75, 3.05) is 45.9 Å². The van der Waals surface area contributed by atoms with E-state index in [0.717, 1.165) is 30.0 Å². The molecule has 0 radical (unpaired) electrons. The largest absolute Gasteiger partial charge is 0.494 e. The topological polar surface area (TPSA) is 73.3 Å². The molecule has 1 saturated heterocycles. The summed E-state index contributed by atoms with van der Waals surface area (Å²) in [5, 5.41) is 9.22. The van der Waals surface area contributed by atoms with Gasteiger partial charge in [0.2, 0.25) is 0 Å². The fourth-order valence-electron chi connectivity index (χ4n) is 4.25. The van der Waals surface area contributed by atoms with Crippen molar-refractivity contribution in [1.82, 2.24) is 14.7 Å². The zero-order valence-corrected chi connectivity index (χ0v) is 18.4. The molecule has 2 heterocycles. The third kappa shape index (κ3) is 4.54. The molecular weight excluding hydrogens is 406 g/mol. The van der Waals surface area contributed by atoms with Gasteiger partial charge in [0, 0.05) is 32.7 Å². The molecule has 0 unspecified atom stereocenters. The number of aliphatic hydroxyl groups excluding tert-OH is 1. The van der Waals surface area contributed by atoms with Crippen LogP contribution in [0.2, 0.25) is 0 Å². The highest BCUT2D eigenvalue weighted by atomic mass is 16.5. The third-order valence-electron chi connectivity index (χ3n) is 5.89. The van der Waals surface area contributed by atoms with Gasteiger partial charge in [-0.1, -0.05) is 42.5 Å². The van der Waals surface area contributed by atoms with Crippen LogP contribution in [0, 0.1) is 0 Å². The number of piperazine rings is 1. The van der Waals surface area contributed by atoms with Crippen LogP contribution in [-0.2, 0) is 16.1 Å². The first-order valence-corrected chi connectivity index (χ1v) is 11.1. The van der Waals surface area contributed by atoms with Crippen LogP contribution in [-0.4, -0.2) is 77.6 Å². The molecule has 168 valence electrons. The number of carbonyl (C=O) groups is 2. The van der Waals surface area contributed by atoms with Gasteiger partial charge in [-0.3, -0.25) is 19.4 Å². The summed E-state index contributed by atoms with van der Waals surface area (Å²) in [6, 6.07) is 16.9. The normalized spacial score (nSPS) is 17.4. The molecule has 2 amide bonds. The van der Waals surface area contributed by atoms with Gasteiger partial charge < -0.3 is 14.7 Å². The van der Waals surface area contributed by atoms with Gasteiger partial charge >= 0.3 is 0 Å². The second-order valence-corrected chi connectivity index (χ2v) is 7.92. The SMILES string of the molecule is CCOc1ccc(C2=C(N3CCN(CCO)CC3)C(=O)N(Cc3ccccc3)C2=O)cc1. The summed E-state index contributed by atoms with van der Waals surface area (Å²) in [5.41, 5.74) is 2.55. The Bertz CT molecular complexity index is 980. The predicted octanol–water partition coefficient (Wildman–Crippen LogP) is 1.98. The highest BCUT2D eigenvalue weighted by Crippen LogP contribution is 2.34. The number of imide groups is 1. The molecule has 0 bridgehead atoms. The third-order valence-corrected chi connectivity index (χ3v) is 5.89. The molecular formula is C25H29N3O4. The van der Waals surface area contributed by atoms with Crippen molar-refractivity contribution in [2.45, 2.75) is 13.5 Å². The lowest BCUT2D eigenvalue weighted by Gasteiger charge is -2.36. The first kappa shape index (κ1) is 22.0. The quantitative estimate of drug-likeness (QED) is 0.640. The van der Waals surface area contributed by atoms with Crippen LogP contribution in [0.4, 0.5) is 0 Å². The van der Waals surface area contributed by atoms with E-state index in [4.69, 9.17) is 4.74 Å². The number of amides is 2. The Morgan fingerprint density at radius 1 is 0.906 bits per heavy atom. The fraction of sp³-hybridized carbons (Fsp3) is 0.360. The van der Waals surface area contributed by atoms with Crippen LogP contribution >= 0.6 is 0 Å². The monoisotopic (exact) mass is 435 g/mol. The zero-order chi connectivity index (χ0) is 22.5. The van der Waals surface area contributed by atoms with E-state index in [0.29, 0.717) is 37.5 Å². The number of rotatable bonds is 8. The lowest BCUT2D eigenvalue weighted by atomic mass is 10.0. The van der Waals surface area contributed by atoms with Crippen molar-refractivity contribution in [2.24, 2.45) is 0 Å². The highest BCUT2D eigenvalue weighted by molar-refractivity contribution is 6.35. The van der Waals surface area contributed by atoms with Crippen LogP contribution in [0.3, 0.4) is 0 Å². The molecule has 0 aliphatic carbocycles. The molecule has 1 fully saturated rings. The molecule has 2 aliphatic rings. The van der Waals surface area contributed by atoms with Gasteiger partial charge in [0.25, 0.3) is 11.8 Å². The maximum atomic E-state index is 13.5. The smallest absolute Gasteiger partial charge is 0.278 e. The van der Waals surface area contributed by atoms with Crippen LogP contribution in [0.1, 0.15) is 18.1 Å². The van der Waals surface area contributed by atoms with Gasteiger partial charge in [0.1, 0.15) is 11.4 Å². The number of nitrogens with zero attached hydrogens (tertiary/aromatic N) is 3. The van der Waals surface area contributed by atoms with E-state index in [9.17, 15) is 14.7 Å². The Kier molecular flexibility index (Phi) is 6.87. The molecule has 2 aromatic rings. The Labute approximate surface area is 188 Å². The molecule has 1 N–H and O–H groups in total. The maximum absolute atomic E-state index is 13.5. The molecule has 32 heavy (non-hydrogen) atoms. The first-order chi connectivity index (χ1) is 15.6. The van der Waals surface area contributed by atoms with E-state index in [2.05, 4.69) is 4.90 Å². The number of benzene rings is 2. The minimum atomic E-state index is -0.268. The average molecular weight is 436 g/mol. The lowest BCUT2D eigenvalue weighted by molar-refractivity contribution is -0.138. The van der Waals surface area contributed by atoms with Crippen LogP contribution in [0.25, 0.3) is 5.57 Å². The minimum Gasteiger partial charge on any atom is -0.494 e. The fourth-order valence-corrected chi connectivity index (χ4v) is 4.25. The van der Waals surface area contributed by atoms with E-state index in [-0.39, 0.29) is 25.0 Å². The zero-order valence-electron chi connectivity index (χ0n) is 18.4. The minimum absolute atomic E-state index is 0.113. The number of ether oxygens (including phenoxy) is 1. The molecule has 7 heteroatoms. The summed E-state index contributed by atoms with van der Waals surface area (Å²) in [5.74, 6) is 0.211. The molecule has 0 atom stereocenters. The van der Waals surface area contributed by atoms with Gasteiger partial charge in [-0.15, -0.1) is 0 Å². The van der Waals surface area contributed by atoms with Crippen molar-refractivity contribution >= 4 is 17.4 Å². The van der Waals surface area contributed by atoms with E-state index in [1.54, 1.807) is 0 Å². The van der Waals surface area contributed by atoms with Crippen LogP contribution in [0.15, 0.2) is 60.3 Å². The van der Waals surface area contributed by atoms with Gasteiger partial charge in [-0.25, -0.2) is 0 Å². The molecule has 0 aromatic heterocycles. The van der Waals surface area contributed by atoms with Gasteiger partial charge in [-0.2, -0.15) is 0 Å². The number of hydrogen-bond donors (Lipinski definition) is 1. The molecule has 2 aliphatic heterocycles. The van der Waals surface area contributed by atoms with Crippen LogP contribution in [0.5, 0.6) is 5.75 Å². The van der Waals surface area contributed by atoms with E-state index in [1.165, 1.54) is 4.90 Å². The van der Waals surface area contributed by atoms with E-state index >= 15 is 0 Å². The highest BCUT2D eigenvalue weighted by Gasteiger charge is 2.42. The Morgan fingerprint density at radius 2 is 1.59 bits per heavy atom. The van der Waals surface area contributed by atoms with E-state index < -0.39 is 0 Å². The lowest BCUT2D eigenvalue weighted by Crippen LogP contribution is -2.48. The molecule has 0 spiro atoms. The van der Waals surface area contributed by atoms with Crippen LogP contribution < -0.4 is 4.74 Å². The van der Waals surface area contributed by atoms with Crippen molar-refractivity contribution in [3.8, 4) is 5.75 Å². The Morgan fingerprint density at radius 3 is 2.22 bits per heavy atom. The Hall–Kier alpha value is -3.16. The van der Waals surface area contributed by atoms with Gasteiger partial charge in [0.05, 0.1) is 25.3 Å². The van der Waals surface area contributed by atoms with E-state index in [1.807, 2.05) is 66.4 Å². The number of β-amino-alcohol motifs (C(OH)–C–C–N with tert-alkyl or cyclic N) is 1. The summed E-state index contributed by atoms with van der Waals surface area (Å²) in [4.78, 5) is 32.5. The predicted molar refractivity (Wildman–Crippen MR) is 122 cm³/mol. The van der Waals surface area contributed by atoms with Gasteiger partial charge in [0.15, 0.2) is 0 Å². The summed E-state index contributed by atoms with van der Waals surface area (Å²) in [6.45, 7) is 6.20. The number of hydrogen-bond acceptors (Lipinski definition) is 6. The molecule has 7 nitrogen and oxygen atoms in total. The second-order valence-electron chi connectivity index (χ2n) is 7.92.